The fraction of sp³-hybridized carbons (Fsp3) is 0.241. The third-order valence-electron chi connectivity index (χ3n) is 6.88. The van der Waals surface area contributed by atoms with Gasteiger partial charge in [0, 0.05) is 24.9 Å². The number of aliphatic imine (C=N–C) groups is 1. The lowest BCUT2D eigenvalue weighted by Crippen LogP contribution is -2.43. The van der Waals surface area contributed by atoms with Crippen molar-refractivity contribution < 1.29 is 19.1 Å². The first-order chi connectivity index (χ1) is 19.4. The summed E-state index contributed by atoms with van der Waals surface area (Å²) in [6, 6.07) is 13.9. The van der Waals surface area contributed by atoms with E-state index in [-0.39, 0.29) is 17.9 Å². The van der Waals surface area contributed by atoms with Crippen LogP contribution in [0.25, 0.3) is 10.2 Å². The van der Waals surface area contributed by atoms with Gasteiger partial charge in [0.15, 0.2) is 0 Å². The Hall–Kier alpha value is -4.64. The van der Waals surface area contributed by atoms with Crippen molar-refractivity contribution in [2.75, 3.05) is 10.2 Å². The Bertz CT molecular complexity index is 1680. The van der Waals surface area contributed by atoms with Gasteiger partial charge in [0.1, 0.15) is 15.5 Å². The largest absolute Gasteiger partial charge is 0.439 e. The van der Waals surface area contributed by atoms with E-state index in [9.17, 15) is 14.4 Å². The van der Waals surface area contributed by atoms with Crippen molar-refractivity contribution in [3.8, 4) is 11.6 Å². The predicted molar refractivity (Wildman–Crippen MR) is 154 cm³/mol. The van der Waals surface area contributed by atoms with Crippen LogP contribution in [0.5, 0.6) is 11.6 Å². The highest BCUT2D eigenvalue weighted by molar-refractivity contribution is 7.21. The van der Waals surface area contributed by atoms with Crippen LogP contribution in [0.15, 0.2) is 59.7 Å². The normalized spacial score (nSPS) is 17.6. The molecule has 0 saturated heterocycles. The molecule has 11 heteroatoms. The molecule has 10 nitrogen and oxygen atoms in total. The number of nitrogens with zero attached hydrogens (tertiary/aromatic N) is 4. The van der Waals surface area contributed by atoms with Crippen LogP contribution in [0.4, 0.5) is 21.9 Å². The highest BCUT2D eigenvalue weighted by Crippen LogP contribution is 2.46. The molecule has 1 fully saturated rings. The van der Waals surface area contributed by atoms with Crippen molar-refractivity contribution in [1.82, 2.24) is 15.3 Å². The van der Waals surface area contributed by atoms with Crippen LogP contribution >= 0.6 is 11.3 Å². The summed E-state index contributed by atoms with van der Waals surface area (Å²) in [7, 11) is 0. The van der Waals surface area contributed by atoms with E-state index in [1.54, 1.807) is 29.3 Å². The first-order valence-electron chi connectivity index (χ1n) is 13.0. The van der Waals surface area contributed by atoms with Gasteiger partial charge in [0.2, 0.25) is 11.8 Å². The van der Waals surface area contributed by atoms with Crippen LogP contribution in [-0.2, 0) is 4.79 Å². The summed E-state index contributed by atoms with van der Waals surface area (Å²) in [5, 5.41) is 6.64. The minimum absolute atomic E-state index is 0.279. The Morgan fingerprint density at radius 3 is 2.73 bits per heavy atom. The summed E-state index contributed by atoms with van der Waals surface area (Å²) >= 11 is 1.21. The average molecular weight is 555 g/mol. The van der Waals surface area contributed by atoms with E-state index in [1.807, 2.05) is 37.3 Å². The van der Waals surface area contributed by atoms with Crippen molar-refractivity contribution in [2.45, 2.75) is 45.6 Å². The maximum atomic E-state index is 13.5. The smallest absolute Gasteiger partial charge is 0.331 e. The van der Waals surface area contributed by atoms with E-state index in [0.717, 1.165) is 12.8 Å². The maximum Gasteiger partial charge on any atom is 0.331 e. The number of hydrogen-bond donors (Lipinski definition) is 2. The zero-order chi connectivity index (χ0) is 27.8. The zero-order valence-corrected chi connectivity index (χ0v) is 22.7. The highest BCUT2D eigenvalue weighted by atomic mass is 32.1. The second kappa shape index (κ2) is 10.5. The number of aromatic nitrogens is 2. The van der Waals surface area contributed by atoms with Crippen LogP contribution in [-0.4, -0.2) is 39.6 Å². The Morgan fingerprint density at radius 1 is 1.12 bits per heavy atom. The second-order valence-electron chi connectivity index (χ2n) is 9.65. The number of hydrogen-bond acceptors (Lipinski definition) is 7. The van der Waals surface area contributed by atoms with Crippen LogP contribution in [0.1, 0.15) is 48.0 Å². The van der Waals surface area contributed by atoms with Gasteiger partial charge < -0.3 is 15.4 Å². The molecule has 4 amide bonds. The first-order valence-corrected chi connectivity index (χ1v) is 13.8. The zero-order valence-electron chi connectivity index (χ0n) is 21.9. The van der Waals surface area contributed by atoms with Crippen LogP contribution in [0.2, 0.25) is 0 Å². The monoisotopic (exact) mass is 554 g/mol. The highest BCUT2D eigenvalue weighted by Gasteiger charge is 2.34. The maximum absolute atomic E-state index is 13.5. The van der Waals surface area contributed by atoms with Gasteiger partial charge in [-0.3, -0.25) is 14.5 Å². The van der Waals surface area contributed by atoms with Crippen molar-refractivity contribution in [3.05, 3.63) is 65.3 Å². The van der Waals surface area contributed by atoms with E-state index in [0.29, 0.717) is 68.0 Å². The van der Waals surface area contributed by atoms with Gasteiger partial charge in [-0.15, -0.1) is 11.3 Å². The summed E-state index contributed by atoms with van der Waals surface area (Å²) in [5.41, 5.74) is 2.91. The molecule has 40 heavy (non-hydrogen) atoms. The number of amides is 4. The molecule has 4 aromatic rings. The van der Waals surface area contributed by atoms with E-state index in [1.165, 1.54) is 18.3 Å². The second-order valence-corrected chi connectivity index (χ2v) is 10.6. The lowest BCUT2D eigenvalue weighted by Gasteiger charge is -2.29. The number of ether oxygens (including phenoxy) is 1. The molecule has 1 saturated carbocycles. The lowest BCUT2D eigenvalue weighted by atomic mass is 9.93. The van der Waals surface area contributed by atoms with Gasteiger partial charge in [-0.2, -0.15) is 0 Å². The Morgan fingerprint density at radius 2 is 1.95 bits per heavy atom. The van der Waals surface area contributed by atoms with E-state index in [4.69, 9.17) is 4.74 Å². The van der Waals surface area contributed by atoms with Gasteiger partial charge in [0.05, 0.1) is 34.2 Å². The fourth-order valence-electron chi connectivity index (χ4n) is 5.13. The SMILES string of the molecule is CC(=O)/N=C1\CCCC[C@H]1NC(=O)c1sc2nccc3c2c1NC(=O)N3c1ccc(Oc2ccccc2)nc1C. The molecular weight excluding hydrogens is 528 g/mol. The summed E-state index contributed by atoms with van der Waals surface area (Å²) in [5.74, 6) is 0.463. The van der Waals surface area contributed by atoms with Crippen molar-refractivity contribution >= 4 is 62.2 Å². The third kappa shape index (κ3) is 4.79. The molecule has 1 atom stereocenters. The predicted octanol–water partition coefficient (Wildman–Crippen LogP) is 6.14. The number of carbonyl (C=O) groups excluding carboxylic acids is 3. The molecule has 0 bridgehead atoms. The topological polar surface area (TPSA) is 126 Å². The summed E-state index contributed by atoms with van der Waals surface area (Å²) in [4.78, 5) is 54.3. The van der Waals surface area contributed by atoms with Gasteiger partial charge >= 0.3 is 6.03 Å². The van der Waals surface area contributed by atoms with Crippen molar-refractivity contribution in [1.29, 1.82) is 0 Å². The molecule has 0 radical (unpaired) electrons. The third-order valence-corrected chi connectivity index (χ3v) is 7.97. The molecule has 2 N–H and O–H groups in total. The molecule has 2 aliphatic rings. The number of thiophene rings is 1. The van der Waals surface area contributed by atoms with Crippen molar-refractivity contribution in [3.63, 3.8) is 0 Å². The quantitative estimate of drug-likeness (QED) is 0.305. The average Bonchev–Trinajstić information content (AvgIpc) is 3.30. The Labute approximate surface area is 234 Å². The molecule has 4 heterocycles. The molecular formula is C29H26N6O4S. The number of urea groups is 1. The number of anilines is 3. The number of nitrogens with one attached hydrogen (secondary N) is 2. The lowest BCUT2D eigenvalue weighted by molar-refractivity contribution is -0.115. The summed E-state index contributed by atoms with van der Waals surface area (Å²) in [6.07, 6.45) is 4.86. The van der Waals surface area contributed by atoms with E-state index >= 15 is 0 Å². The number of benzene rings is 1. The molecule has 1 aliphatic heterocycles. The standard InChI is InChI=1S/C29H26N6O4S/c1-16-21(12-13-23(31-16)39-18-8-4-3-5-9-18)35-22-14-15-30-28-24(22)25(34-29(35)38)26(40-28)27(37)33-20-11-7-6-10-19(20)32-17(2)36/h3-5,8-9,12-15,20H,6-7,10-11H2,1-2H3,(H,33,37)(H,34,38)/b32-19+/t20-/m1/s1. The molecule has 0 spiro atoms. The molecule has 0 unspecified atom stereocenters. The van der Waals surface area contributed by atoms with Crippen LogP contribution in [0, 0.1) is 6.92 Å². The van der Waals surface area contributed by atoms with Gasteiger partial charge in [-0.05, 0) is 50.5 Å². The Kier molecular flexibility index (Phi) is 6.72. The molecule has 1 aromatic carbocycles. The van der Waals surface area contributed by atoms with Crippen LogP contribution in [0.3, 0.4) is 0 Å². The Balaban J connectivity index is 1.33. The van der Waals surface area contributed by atoms with Gasteiger partial charge in [-0.1, -0.05) is 24.6 Å². The van der Waals surface area contributed by atoms with Gasteiger partial charge in [-0.25, -0.2) is 19.8 Å². The minimum atomic E-state index is -0.412. The molecule has 3 aromatic heterocycles. The number of rotatable bonds is 5. The minimum Gasteiger partial charge on any atom is -0.439 e. The summed E-state index contributed by atoms with van der Waals surface area (Å²) < 4.78 is 5.85. The van der Waals surface area contributed by atoms with E-state index < -0.39 is 6.03 Å². The number of para-hydroxylation sites is 1. The molecule has 6 rings (SSSR count). The molecule has 202 valence electrons. The number of aryl methyl sites for hydroxylation is 1. The molecule has 1 aliphatic carbocycles. The van der Waals surface area contributed by atoms with Crippen LogP contribution < -0.4 is 20.3 Å². The van der Waals surface area contributed by atoms with Gasteiger partial charge in [0.25, 0.3) is 5.91 Å². The fourth-order valence-corrected chi connectivity index (χ4v) is 6.15. The van der Waals surface area contributed by atoms with Crippen molar-refractivity contribution in [2.24, 2.45) is 4.99 Å². The number of pyridine rings is 2. The summed E-state index contributed by atoms with van der Waals surface area (Å²) in [6.45, 7) is 3.22. The van der Waals surface area contributed by atoms with E-state index in [2.05, 4.69) is 25.6 Å². The number of carbonyl (C=O) groups is 3. The first kappa shape index (κ1) is 25.6.